The van der Waals surface area contributed by atoms with E-state index >= 15 is 0 Å². The first-order valence-electron chi connectivity index (χ1n) is 8.66. The molecule has 0 radical (unpaired) electrons. The van der Waals surface area contributed by atoms with Gasteiger partial charge >= 0.3 is 5.97 Å². The van der Waals surface area contributed by atoms with Gasteiger partial charge in [0.2, 0.25) is 0 Å². The van der Waals surface area contributed by atoms with Crippen LogP contribution >= 0.6 is 0 Å². The van der Waals surface area contributed by atoms with E-state index in [9.17, 15) is 9.90 Å². The average Bonchev–Trinajstić information content (AvgIpc) is 2.68. The normalized spacial score (nSPS) is 12.9. The maximum atomic E-state index is 11.2. The van der Waals surface area contributed by atoms with Crippen molar-refractivity contribution in [3.63, 3.8) is 0 Å². The Hall–Kier alpha value is -3.27. The number of esters is 1. The third-order valence-electron chi connectivity index (χ3n) is 4.81. The number of carbonyl (C=O) groups is 1. The molecule has 0 aliphatic rings. The van der Waals surface area contributed by atoms with Gasteiger partial charge in [0.15, 0.2) is 0 Å². The molecule has 0 aromatic heterocycles. The summed E-state index contributed by atoms with van der Waals surface area (Å²) in [5, 5.41) is 9.69. The van der Waals surface area contributed by atoms with Crippen LogP contribution in [0.3, 0.4) is 0 Å². The summed E-state index contributed by atoms with van der Waals surface area (Å²) in [7, 11) is 1.64. The summed E-state index contributed by atoms with van der Waals surface area (Å²) in [6.45, 7) is 3.51. The molecular formula is C23H22O4. The Bertz CT molecular complexity index is 912. The van der Waals surface area contributed by atoms with Crippen LogP contribution in [-0.4, -0.2) is 18.2 Å². The SMILES string of the molecule is COc1ccc(C(C)(c2ccc(O)cc2)c2ccc(OC(C)=O)cc2)cc1. The fraction of sp³-hybridized carbons (Fsp3) is 0.174. The summed E-state index contributed by atoms with van der Waals surface area (Å²) >= 11 is 0. The summed E-state index contributed by atoms with van der Waals surface area (Å²) in [6.07, 6.45) is 0. The molecule has 0 saturated carbocycles. The van der Waals surface area contributed by atoms with Crippen molar-refractivity contribution < 1.29 is 19.4 Å². The van der Waals surface area contributed by atoms with Crippen LogP contribution in [0.15, 0.2) is 72.8 Å². The van der Waals surface area contributed by atoms with Crippen LogP contribution in [0.5, 0.6) is 17.2 Å². The number of benzene rings is 3. The van der Waals surface area contributed by atoms with E-state index in [1.54, 1.807) is 31.4 Å². The van der Waals surface area contributed by atoms with Gasteiger partial charge in [0.25, 0.3) is 0 Å². The molecule has 0 spiro atoms. The van der Waals surface area contributed by atoms with Gasteiger partial charge in [0.1, 0.15) is 17.2 Å². The molecule has 0 saturated heterocycles. The Balaban J connectivity index is 2.11. The van der Waals surface area contributed by atoms with Crippen LogP contribution in [0.2, 0.25) is 0 Å². The number of methoxy groups -OCH3 is 1. The van der Waals surface area contributed by atoms with Gasteiger partial charge in [-0.3, -0.25) is 4.79 Å². The molecule has 0 aliphatic carbocycles. The van der Waals surface area contributed by atoms with Crippen molar-refractivity contribution >= 4 is 5.97 Å². The van der Waals surface area contributed by atoms with E-state index in [1.165, 1.54) is 6.92 Å². The molecule has 1 unspecified atom stereocenters. The van der Waals surface area contributed by atoms with E-state index in [2.05, 4.69) is 6.92 Å². The highest BCUT2D eigenvalue weighted by Gasteiger charge is 2.31. The maximum absolute atomic E-state index is 11.2. The van der Waals surface area contributed by atoms with Crippen LogP contribution < -0.4 is 9.47 Å². The molecule has 27 heavy (non-hydrogen) atoms. The minimum atomic E-state index is -0.464. The van der Waals surface area contributed by atoms with Crippen LogP contribution in [-0.2, 0) is 10.2 Å². The lowest BCUT2D eigenvalue weighted by molar-refractivity contribution is -0.131. The third-order valence-corrected chi connectivity index (χ3v) is 4.81. The zero-order valence-electron chi connectivity index (χ0n) is 15.6. The lowest BCUT2D eigenvalue weighted by Gasteiger charge is -2.32. The molecular weight excluding hydrogens is 340 g/mol. The van der Waals surface area contributed by atoms with Crippen molar-refractivity contribution in [3.05, 3.63) is 89.5 Å². The Morgan fingerprint density at radius 2 is 1.19 bits per heavy atom. The number of phenols is 1. The zero-order chi connectivity index (χ0) is 19.4. The molecule has 3 aromatic carbocycles. The van der Waals surface area contributed by atoms with E-state index in [0.29, 0.717) is 5.75 Å². The predicted octanol–water partition coefficient (Wildman–Crippen LogP) is 4.68. The van der Waals surface area contributed by atoms with Gasteiger partial charge in [-0.1, -0.05) is 36.4 Å². The second kappa shape index (κ2) is 7.54. The molecule has 4 nitrogen and oxygen atoms in total. The Kier molecular flexibility index (Phi) is 5.17. The summed E-state index contributed by atoms with van der Waals surface area (Å²) < 4.78 is 10.4. The molecule has 1 atom stereocenters. The first-order chi connectivity index (χ1) is 12.9. The number of ether oxygens (including phenoxy) is 2. The highest BCUT2D eigenvalue weighted by molar-refractivity contribution is 5.69. The molecule has 1 N–H and O–H groups in total. The van der Waals surface area contributed by atoms with Gasteiger partial charge in [0.05, 0.1) is 7.11 Å². The molecule has 4 heteroatoms. The van der Waals surface area contributed by atoms with Crippen molar-refractivity contribution in [2.24, 2.45) is 0 Å². The number of phenolic OH excluding ortho intramolecular Hbond substituents is 1. The summed E-state index contributed by atoms with van der Waals surface area (Å²) in [6, 6.07) is 22.6. The standard InChI is InChI=1S/C23H22O4/c1-16(24)27-22-14-8-19(9-15-22)23(2,17-4-10-20(25)11-5-17)18-6-12-21(26-3)13-7-18/h4-15,25H,1-3H3. The molecule has 0 bridgehead atoms. The number of carbonyl (C=O) groups excluding carboxylic acids is 1. The van der Waals surface area contributed by atoms with E-state index < -0.39 is 5.41 Å². The van der Waals surface area contributed by atoms with Gasteiger partial charge in [-0.05, 0) is 60.0 Å². The van der Waals surface area contributed by atoms with Crippen LogP contribution in [0, 0.1) is 0 Å². The van der Waals surface area contributed by atoms with Crippen molar-refractivity contribution in [3.8, 4) is 17.2 Å². The first kappa shape index (κ1) is 18.5. The van der Waals surface area contributed by atoms with Crippen LogP contribution in [0.1, 0.15) is 30.5 Å². The quantitative estimate of drug-likeness (QED) is 0.407. The fourth-order valence-electron chi connectivity index (χ4n) is 3.24. The molecule has 0 amide bonds. The summed E-state index contributed by atoms with van der Waals surface area (Å²) in [5.74, 6) is 1.17. The monoisotopic (exact) mass is 362 g/mol. The summed E-state index contributed by atoms with van der Waals surface area (Å²) in [4.78, 5) is 11.2. The van der Waals surface area contributed by atoms with Crippen molar-refractivity contribution in [1.29, 1.82) is 0 Å². The van der Waals surface area contributed by atoms with Crippen molar-refractivity contribution in [2.45, 2.75) is 19.3 Å². The van der Waals surface area contributed by atoms with Gasteiger partial charge < -0.3 is 14.6 Å². The lowest BCUT2D eigenvalue weighted by Crippen LogP contribution is -2.25. The molecule has 3 aromatic rings. The second-order valence-electron chi connectivity index (χ2n) is 6.52. The fourth-order valence-corrected chi connectivity index (χ4v) is 3.24. The number of aromatic hydroxyl groups is 1. The minimum absolute atomic E-state index is 0.223. The van der Waals surface area contributed by atoms with Gasteiger partial charge in [-0.15, -0.1) is 0 Å². The second-order valence-corrected chi connectivity index (χ2v) is 6.52. The minimum Gasteiger partial charge on any atom is -0.508 e. The number of hydrogen-bond acceptors (Lipinski definition) is 4. The summed E-state index contributed by atoms with van der Waals surface area (Å²) in [5.41, 5.74) is 2.68. The third kappa shape index (κ3) is 3.80. The Labute approximate surface area is 159 Å². The van der Waals surface area contributed by atoms with E-state index in [-0.39, 0.29) is 11.7 Å². The largest absolute Gasteiger partial charge is 0.508 e. The molecule has 0 heterocycles. The zero-order valence-corrected chi connectivity index (χ0v) is 15.6. The van der Waals surface area contributed by atoms with E-state index in [1.807, 2.05) is 48.5 Å². The van der Waals surface area contributed by atoms with Crippen molar-refractivity contribution in [1.82, 2.24) is 0 Å². The van der Waals surface area contributed by atoms with Gasteiger partial charge in [-0.25, -0.2) is 0 Å². The Morgan fingerprint density at radius 1 is 0.778 bits per heavy atom. The smallest absolute Gasteiger partial charge is 0.308 e. The topological polar surface area (TPSA) is 55.8 Å². The van der Waals surface area contributed by atoms with Gasteiger partial charge in [-0.2, -0.15) is 0 Å². The lowest BCUT2D eigenvalue weighted by atomic mass is 9.71. The first-order valence-corrected chi connectivity index (χ1v) is 8.66. The Morgan fingerprint density at radius 3 is 1.59 bits per heavy atom. The molecule has 0 fully saturated rings. The van der Waals surface area contributed by atoms with Gasteiger partial charge in [0, 0.05) is 12.3 Å². The highest BCUT2D eigenvalue weighted by Crippen LogP contribution is 2.40. The van der Waals surface area contributed by atoms with Crippen molar-refractivity contribution in [2.75, 3.05) is 7.11 Å². The number of rotatable bonds is 5. The number of hydrogen-bond donors (Lipinski definition) is 1. The predicted molar refractivity (Wildman–Crippen MR) is 104 cm³/mol. The molecule has 3 rings (SSSR count). The molecule has 0 aliphatic heterocycles. The van der Waals surface area contributed by atoms with E-state index in [4.69, 9.17) is 9.47 Å². The van der Waals surface area contributed by atoms with Crippen LogP contribution in [0.25, 0.3) is 0 Å². The highest BCUT2D eigenvalue weighted by atomic mass is 16.5. The molecule has 138 valence electrons. The maximum Gasteiger partial charge on any atom is 0.308 e. The average molecular weight is 362 g/mol. The van der Waals surface area contributed by atoms with Crippen LogP contribution in [0.4, 0.5) is 0 Å². The van der Waals surface area contributed by atoms with E-state index in [0.717, 1.165) is 22.4 Å².